The molecule has 0 spiro atoms. The molecule has 0 fully saturated rings. The molecule has 0 unspecified atom stereocenters. The van der Waals surface area contributed by atoms with Crippen LogP contribution in [-0.2, 0) is 0 Å². The van der Waals surface area contributed by atoms with E-state index in [1.54, 1.807) is 21.0 Å². The smallest absolute Gasteiger partial charge is 0.119 e. The Morgan fingerprint density at radius 1 is 1.11 bits per heavy atom. The third-order valence-electron chi connectivity index (χ3n) is 3.19. The highest BCUT2D eigenvalue weighted by atomic mass is 16.5. The van der Waals surface area contributed by atoms with Crippen molar-refractivity contribution in [1.82, 2.24) is 0 Å². The Balaban J connectivity index is 2.45. The molecule has 0 aliphatic rings. The van der Waals surface area contributed by atoms with Gasteiger partial charge in [0.15, 0.2) is 0 Å². The predicted molar refractivity (Wildman–Crippen MR) is 73.7 cm³/mol. The monoisotopic (exact) mass is 245 g/mol. The summed E-state index contributed by atoms with van der Waals surface area (Å²) < 4.78 is 5.19. The third-order valence-corrected chi connectivity index (χ3v) is 3.19. The summed E-state index contributed by atoms with van der Waals surface area (Å²) in [6.07, 6.45) is 0. The molecule has 0 amide bonds. The molecular formula is C15H19NO2. The zero-order valence-electron chi connectivity index (χ0n) is 11.0. The lowest BCUT2D eigenvalue weighted by Gasteiger charge is -2.26. The molecule has 0 heterocycles. The van der Waals surface area contributed by atoms with E-state index in [1.807, 2.05) is 36.4 Å². The van der Waals surface area contributed by atoms with Gasteiger partial charge >= 0.3 is 0 Å². The standard InChI is InChI=1S/C15H19NO2/c1-15(2,17)14(16)12-5-4-11-9-13(18-3)7-6-10(11)8-12/h4-9,14,17H,16H2,1-3H3/t14-/m1/s1. The summed E-state index contributed by atoms with van der Waals surface area (Å²) in [6, 6.07) is 11.5. The van der Waals surface area contributed by atoms with E-state index >= 15 is 0 Å². The maximum absolute atomic E-state index is 9.95. The van der Waals surface area contributed by atoms with Crippen LogP contribution in [0.4, 0.5) is 0 Å². The van der Waals surface area contributed by atoms with Gasteiger partial charge < -0.3 is 15.6 Å². The van der Waals surface area contributed by atoms with Crippen molar-refractivity contribution in [3.8, 4) is 5.75 Å². The van der Waals surface area contributed by atoms with E-state index in [2.05, 4.69) is 0 Å². The maximum Gasteiger partial charge on any atom is 0.119 e. The third kappa shape index (κ3) is 2.47. The van der Waals surface area contributed by atoms with Crippen LogP contribution < -0.4 is 10.5 Å². The average Bonchev–Trinajstić information content (AvgIpc) is 2.35. The second-order valence-corrected chi connectivity index (χ2v) is 5.10. The first-order valence-corrected chi connectivity index (χ1v) is 5.97. The molecule has 0 saturated carbocycles. The van der Waals surface area contributed by atoms with Crippen molar-refractivity contribution in [3.63, 3.8) is 0 Å². The minimum Gasteiger partial charge on any atom is -0.497 e. The average molecular weight is 245 g/mol. The van der Waals surface area contributed by atoms with Crippen LogP contribution in [0, 0.1) is 0 Å². The van der Waals surface area contributed by atoms with E-state index in [0.29, 0.717) is 0 Å². The van der Waals surface area contributed by atoms with Gasteiger partial charge in [0.05, 0.1) is 18.8 Å². The van der Waals surface area contributed by atoms with Gasteiger partial charge in [0.25, 0.3) is 0 Å². The highest BCUT2D eigenvalue weighted by Gasteiger charge is 2.24. The van der Waals surface area contributed by atoms with E-state index in [9.17, 15) is 5.11 Å². The fourth-order valence-corrected chi connectivity index (χ4v) is 1.97. The summed E-state index contributed by atoms with van der Waals surface area (Å²) in [5.41, 5.74) is 6.04. The Morgan fingerprint density at radius 2 is 1.72 bits per heavy atom. The number of benzene rings is 2. The molecule has 3 nitrogen and oxygen atoms in total. The quantitative estimate of drug-likeness (QED) is 0.874. The molecule has 18 heavy (non-hydrogen) atoms. The van der Waals surface area contributed by atoms with Gasteiger partial charge in [0.1, 0.15) is 5.75 Å². The van der Waals surface area contributed by atoms with Gasteiger partial charge in [-0.3, -0.25) is 0 Å². The molecule has 2 aromatic rings. The first-order valence-electron chi connectivity index (χ1n) is 5.97. The lowest BCUT2D eigenvalue weighted by Crippen LogP contribution is -2.34. The summed E-state index contributed by atoms with van der Waals surface area (Å²) in [5, 5.41) is 12.1. The van der Waals surface area contributed by atoms with E-state index in [4.69, 9.17) is 10.5 Å². The zero-order valence-corrected chi connectivity index (χ0v) is 11.0. The van der Waals surface area contributed by atoms with Gasteiger partial charge in [-0.2, -0.15) is 0 Å². The molecule has 0 aromatic heterocycles. The maximum atomic E-state index is 9.95. The molecule has 3 heteroatoms. The van der Waals surface area contributed by atoms with Gasteiger partial charge in [-0.25, -0.2) is 0 Å². The van der Waals surface area contributed by atoms with Crippen molar-refractivity contribution < 1.29 is 9.84 Å². The van der Waals surface area contributed by atoms with Gasteiger partial charge in [-0.1, -0.05) is 18.2 Å². The van der Waals surface area contributed by atoms with Crippen LogP contribution in [0.2, 0.25) is 0 Å². The fourth-order valence-electron chi connectivity index (χ4n) is 1.97. The number of aliphatic hydroxyl groups is 1. The van der Waals surface area contributed by atoms with Crippen LogP contribution >= 0.6 is 0 Å². The molecule has 0 saturated heterocycles. The number of ether oxygens (including phenoxy) is 1. The summed E-state index contributed by atoms with van der Waals surface area (Å²) in [5.74, 6) is 0.835. The summed E-state index contributed by atoms with van der Waals surface area (Å²) in [7, 11) is 1.65. The Morgan fingerprint density at radius 3 is 2.33 bits per heavy atom. The van der Waals surface area contributed by atoms with Crippen LogP contribution in [0.15, 0.2) is 36.4 Å². The predicted octanol–water partition coefficient (Wildman–Crippen LogP) is 2.62. The highest BCUT2D eigenvalue weighted by molar-refractivity contribution is 5.84. The van der Waals surface area contributed by atoms with Crippen molar-refractivity contribution in [1.29, 1.82) is 0 Å². The Labute approximate surface area is 107 Å². The summed E-state index contributed by atoms with van der Waals surface area (Å²) in [6.45, 7) is 3.44. The van der Waals surface area contributed by atoms with E-state index in [1.165, 1.54) is 0 Å². The van der Waals surface area contributed by atoms with E-state index in [-0.39, 0.29) is 0 Å². The van der Waals surface area contributed by atoms with Crippen molar-refractivity contribution in [3.05, 3.63) is 42.0 Å². The molecule has 0 bridgehead atoms. The van der Waals surface area contributed by atoms with Crippen molar-refractivity contribution in [2.24, 2.45) is 5.73 Å². The molecular weight excluding hydrogens is 226 g/mol. The normalized spacial score (nSPS) is 13.6. The van der Waals surface area contributed by atoms with Crippen LogP contribution in [0.25, 0.3) is 10.8 Å². The number of fused-ring (bicyclic) bond motifs is 1. The van der Waals surface area contributed by atoms with Gasteiger partial charge in [0.2, 0.25) is 0 Å². The Hall–Kier alpha value is -1.58. The van der Waals surface area contributed by atoms with Gasteiger partial charge in [-0.05, 0) is 48.4 Å². The second kappa shape index (κ2) is 4.59. The van der Waals surface area contributed by atoms with E-state index in [0.717, 1.165) is 22.1 Å². The molecule has 0 aliphatic carbocycles. The molecule has 0 radical (unpaired) electrons. The molecule has 2 rings (SSSR count). The summed E-state index contributed by atoms with van der Waals surface area (Å²) in [4.78, 5) is 0. The summed E-state index contributed by atoms with van der Waals surface area (Å²) >= 11 is 0. The minimum atomic E-state index is -0.930. The van der Waals surface area contributed by atoms with Crippen LogP contribution in [0.5, 0.6) is 5.75 Å². The highest BCUT2D eigenvalue weighted by Crippen LogP contribution is 2.27. The van der Waals surface area contributed by atoms with Gasteiger partial charge in [-0.15, -0.1) is 0 Å². The molecule has 2 aromatic carbocycles. The number of nitrogens with two attached hydrogens (primary N) is 1. The van der Waals surface area contributed by atoms with Crippen LogP contribution in [0.1, 0.15) is 25.5 Å². The van der Waals surface area contributed by atoms with Crippen molar-refractivity contribution in [2.75, 3.05) is 7.11 Å². The SMILES string of the molecule is COc1ccc2cc([C@@H](N)C(C)(C)O)ccc2c1. The zero-order chi connectivity index (χ0) is 13.3. The largest absolute Gasteiger partial charge is 0.497 e. The number of hydrogen-bond acceptors (Lipinski definition) is 3. The number of hydrogen-bond donors (Lipinski definition) is 2. The lowest BCUT2D eigenvalue weighted by molar-refractivity contribution is 0.0518. The first kappa shape index (κ1) is 12.9. The minimum absolute atomic E-state index is 0.399. The van der Waals surface area contributed by atoms with Gasteiger partial charge in [0, 0.05) is 0 Å². The van der Waals surface area contributed by atoms with Crippen LogP contribution in [0.3, 0.4) is 0 Å². The molecule has 1 atom stereocenters. The van der Waals surface area contributed by atoms with E-state index < -0.39 is 11.6 Å². The molecule has 3 N–H and O–H groups in total. The Bertz CT molecular complexity index is 558. The topological polar surface area (TPSA) is 55.5 Å². The Kier molecular flexibility index (Phi) is 3.28. The molecule has 96 valence electrons. The second-order valence-electron chi connectivity index (χ2n) is 5.10. The number of methoxy groups -OCH3 is 1. The lowest BCUT2D eigenvalue weighted by atomic mass is 9.91. The van der Waals surface area contributed by atoms with Crippen molar-refractivity contribution >= 4 is 10.8 Å². The van der Waals surface area contributed by atoms with Crippen LogP contribution in [-0.4, -0.2) is 17.8 Å². The van der Waals surface area contributed by atoms with Crippen molar-refractivity contribution in [2.45, 2.75) is 25.5 Å². The molecule has 0 aliphatic heterocycles. The first-order chi connectivity index (χ1) is 8.41. The number of rotatable bonds is 3. The fraction of sp³-hybridized carbons (Fsp3) is 0.333.